The first-order chi connectivity index (χ1) is 6.38. The minimum atomic E-state index is -0.694. The molecule has 14 heavy (non-hydrogen) atoms. The molecule has 1 amide bonds. The van der Waals surface area contributed by atoms with Crippen molar-refractivity contribution < 1.29 is 9.00 Å². The number of carbonyl (C=O) groups is 1. The standard InChI is InChI=1S/C10H19NO2S/c1-10(2,3)8-9(12)11-4-6-14(13)7-5-11/h4-8H2,1-3H3. The van der Waals surface area contributed by atoms with Crippen LogP contribution in [0.4, 0.5) is 0 Å². The number of hydrogen-bond donors (Lipinski definition) is 0. The average Bonchev–Trinajstić information content (AvgIpc) is 2.02. The van der Waals surface area contributed by atoms with E-state index in [9.17, 15) is 9.00 Å². The summed E-state index contributed by atoms with van der Waals surface area (Å²) in [5.74, 6) is 1.50. The van der Waals surface area contributed by atoms with Crippen molar-refractivity contribution in [1.82, 2.24) is 4.90 Å². The highest BCUT2D eigenvalue weighted by atomic mass is 32.2. The first-order valence-corrected chi connectivity index (χ1v) is 6.50. The summed E-state index contributed by atoms with van der Waals surface area (Å²) in [5, 5.41) is 0. The van der Waals surface area contributed by atoms with E-state index in [4.69, 9.17) is 0 Å². The molecule has 0 N–H and O–H groups in total. The van der Waals surface area contributed by atoms with Crippen molar-refractivity contribution >= 4 is 16.7 Å². The van der Waals surface area contributed by atoms with Crippen LogP contribution in [0.5, 0.6) is 0 Å². The Kier molecular flexibility index (Phi) is 3.70. The van der Waals surface area contributed by atoms with Crippen molar-refractivity contribution in [3.05, 3.63) is 0 Å². The maximum Gasteiger partial charge on any atom is 0.223 e. The van der Waals surface area contributed by atoms with Crippen LogP contribution in [-0.2, 0) is 15.6 Å². The highest BCUT2D eigenvalue weighted by Crippen LogP contribution is 2.20. The molecular weight excluding hydrogens is 198 g/mol. The summed E-state index contributed by atoms with van der Waals surface area (Å²) in [6.07, 6.45) is 0.583. The third-order valence-electron chi connectivity index (χ3n) is 2.21. The van der Waals surface area contributed by atoms with E-state index in [1.807, 2.05) is 4.90 Å². The molecule has 0 aromatic heterocycles. The second-order valence-corrected chi connectivity index (χ2v) is 6.66. The summed E-state index contributed by atoms with van der Waals surface area (Å²) in [4.78, 5) is 13.6. The van der Waals surface area contributed by atoms with Crippen molar-refractivity contribution in [2.24, 2.45) is 5.41 Å². The zero-order valence-electron chi connectivity index (χ0n) is 9.21. The molecule has 1 rings (SSSR count). The van der Waals surface area contributed by atoms with Gasteiger partial charge in [0.1, 0.15) is 0 Å². The summed E-state index contributed by atoms with van der Waals surface area (Å²) >= 11 is 0. The Labute approximate surface area is 88.3 Å². The van der Waals surface area contributed by atoms with E-state index in [-0.39, 0.29) is 11.3 Å². The Morgan fingerprint density at radius 3 is 2.21 bits per heavy atom. The van der Waals surface area contributed by atoms with Gasteiger partial charge in [-0.15, -0.1) is 0 Å². The van der Waals surface area contributed by atoms with E-state index in [0.717, 1.165) is 0 Å². The molecule has 1 heterocycles. The van der Waals surface area contributed by atoms with E-state index >= 15 is 0 Å². The van der Waals surface area contributed by atoms with Gasteiger partial charge in [0.05, 0.1) is 0 Å². The lowest BCUT2D eigenvalue weighted by Crippen LogP contribution is -2.42. The third-order valence-corrected chi connectivity index (χ3v) is 3.49. The van der Waals surface area contributed by atoms with Crippen LogP contribution in [0, 0.1) is 5.41 Å². The minimum Gasteiger partial charge on any atom is -0.341 e. The predicted molar refractivity (Wildman–Crippen MR) is 58.5 cm³/mol. The summed E-state index contributed by atoms with van der Waals surface area (Å²) in [5.41, 5.74) is 0.0493. The molecular formula is C10H19NO2S. The summed E-state index contributed by atoms with van der Waals surface area (Å²) in [6.45, 7) is 7.52. The molecule has 0 saturated carbocycles. The van der Waals surface area contributed by atoms with Gasteiger partial charge in [0.15, 0.2) is 0 Å². The fourth-order valence-electron chi connectivity index (χ4n) is 1.45. The Hall–Kier alpha value is -0.380. The predicted octanol–water partition coefficient (Wildman–Crippen LogP) is 1.01. The molecule has 0 aliphatic carbocycles. The molecule has 0 spiro atoms. The molecule has 0 aromatic rings. The molecule has 0 aromatic carbocycles. The fraction of sp³-hybridized carbons (Fsp3) is 0.900. The topological polar surface area (TPSA) is 37.4 Å². The number of carbonyl (C=O) groups excluding carboxylic acids is 1. The zero-order valence-corrected chi connectivity index (χ0v) is 10.0. The van der Waals surface area contributed by atoms with Gasteiger partial charge >= 0.3 is 0 Å². The normalized spacial score (nSPS) is 19.8. The fourth-order valence-corrected chi connectivity index (χ4v) is 2.50. The number of hydrogen-bond acceptors (Lipinski definition) is 2. The Balaban J connectivity index is 2.42. The lowest BCUT2D eigenvalue weighted by Gasteiger charge is -2.29. The van der Waals surface area contributed by atoms with E-state index in [1.54, 1.807) is 0 Å². The van der Waals surface area contributed by atoms with E-state index in [2.05, 4.69) is 20.8 Å². The average molecular weight is 217 g/mol. The highest BCUT2D eigenvalue weighted by molar-refractivity contribution is 7.85. The second kappa shape index (κ2) is 4.43. The van der Waals surface area contributed by atoms with Crippen molar-refractivity contribution in [2.75, 3.05) is 24.6 Å². The van der Waals surface area contributed by atoms with Crippen LogP contribution in [0.1, 0.15) is 27.2 Å². The van der Waals surface area contributed by atoms with Crippen LogP contribution in [0.3, 0.4) is 0 Å². The molecule has 82 valence electrons. The van der Waals surface area contributed by atoms with Crippen molar-refractivity contribution in [2.45, 2.75) is 27.2 Å². The number of nitrogens with zero attached hydrogens (tertiary/aromatic N) is 1. The van der Waals surface area contributed by atoms with Crippen LogP contribution in [-0.4, -0.2) is 39.6 Å². The minimum absolute atomic E-state index is 0.0493. The zero-order chi connectivity index (χ0) is 10.8. The Morgan fingerprint density at radius 2 is 1.79 bits per heavy atom. The molecule has 3 nitrogen and oxygen atoms in total. The second-order valence-electron chi connectivity index (χ2n) is 4.97. The first-order valence-electron chi connectivity index (χ1n) is 5.01. The van der Waals surface area contributed by atoms with Crippen molar-refractivity contribution in [3.8, 4) is 0 Å². The van der Waals surface area contributed by atoms with Gasteiger partial charge in [0.25, 0.3) is 0 Å². The van der Waals surface area contributed by atoms with E-state index < -0.39 is 10.8 Å². The van der Waals surface area contributed by atoms with E-state index in [1.165, 1.54) is 0 Å². The number of rotatable bonds is 1. The number of amides is 1. The summed E-state index contributed by atoms with van der Waals surface area (Å²) in [6, 6.07) is 0. The smallest absolute Gasteiger partial charge is 0.223 e. The van der Waals surface area contributed by atoms with Gasteiger partial charge in [0, 0.05) is 41.8 Å². The molecule has 1 aliphatic rings. The SMILES string of the molecule is CC(C)(C)CC(=O)N1CCS(=O)CC1. The Bertz CT molecular complexity index is 235. The largest absolute Gasteiger partial charge is 0.341 e. The summed E-state index contributed by atoms with van der Waals surface area (Å²) in [7, 11) is -0.694. The molecule has 1 aliphatic heterocycles. The summed E-state index contributed by atoms with van der Waals surface area (Å²) < 4.78 is 11.1. The van der Waals surface area contributed by atoms with Crippen LogP contribution in [0.25, 0.3) is 0 Å². The monoisotopic (exact) mass is 217 g/mol. The van der Waals surface area contributed by atoms with Gasteiger partial charge in [-0.1, -0.05) is 20.8 Å². The molecule has 0 atom stereocenters. The quantitative estimate of drug-likeness (QED) is 0.657. The molecule has 4 heteroatoms. The van der Waals surface area contributed by atoms with Gasteiger partial charge in [-0.2, -0.15) is 0 Å². The maximum absolute atomic E-state index is 11.7. The maximum atomic E-state index is 11.7. The van der Waals surface area contributed by atoms with Gasteiger partial charge in [-0.05, 0) is 5.41 Å². The molecule has 0 unspecified atom stereocenters. The van der Waals surface area contributed by atoms with Gasteiger partial charge in [-0.25, -0.2) is 0 Å². The van der Waals surface area contributed by atoms with E-state index in [0.29, 0.717) is 31.0 Å². The lowest BCUT2D eigenvalue weighted by molar-refractivity contribution is -0.132. The van der Waals surface area contributed by atoms with Crippen LogP contribution < -0.4 is 0 Å². The molecule has 0 radical (unpaired) electrons. The molecule has 1 saturated heterocycles. The van der Waals surface area contributed by atoms with Gasteiger partial charge in [0.2, 0.25) is 5.91 Å². The van der Waals surface area contributed by atoms with Crippen LogP contribution in [0.2, 0.25) is 0 Å². The molecule has 1 fully saturated rings. The van der Waals surface area contributed by atoms with Crippen LogP contribution in [0.15, 0.2) is 0 Å². The van der Waals surface area contributed by atoms with Crippen molar-refractivity contribution in [3.63, 3.8) is 0 Å². The Morgan fingerprint density at radius 1 is 1.29 bits per heavy atom. The third kappa shape index (κ3) is 3.78. The first kappa shape index (κ1) is 11.7. The van der Waals surface area contributed by atoms with Crippen molar-refractivity contribution in [1.29, 1.82) is 0 Å². The van der Waals surface area contributed by atoms with Gasteiger partial charge in [-0.3, -0.25) is 9.00 Å². The molecule has 0 bridgehead atoms. The van der Waals surface area contributed by atoms with Gasteiger partial charge < -0.3 is 4.90 Å². The highest BCUT2D eigenvalue weighted by Gasteiger charge is 2.23. The lowest BCUT2D eigenvalue weighted by atomic mass is 9.91. The van der Waals surface area contributed by atoms with Crippen LogP contribution >= 0.6 is 0 Å².